The molecular formula is C10H13F3N2O. The fraction of sp³-hybridized carbons (Fsp3) is 0.400. The lowest BCUT2D eigenvalue weighted by Crippen LogP contribution is -2.28. The maximum absolute atomic E-state index is 11.9. The van der Waals surface area contributed by atoms with E-state index in [1.165, 1.54) is 7.11 Å². The Balaban J connectivity index is 2.55. The molecule has 0 spiro atoms. The van der Waals surface area contributed by atoms with E-state index in [-0.39, 0.29) is 6.54 Å². The molecule has 0 heterocycles. The number of nitrogens with one attached hydrogen (secondary N) is 1. The predicted molar refractivity (Wildman–Crippen MR) is 55.2 cm³/mol. The molecule has 0 saturated carbocycles. The van der Waals surface area contributed by atoms with Gasteiger partial charge in [0.15, 0.2) is 0 Å². The molecule has 0 aromatic heterocycles. The van der Waals surface area contributed by atoms with Crippen molar-refractivity contribution in [2.45, 2.75) is 12.7 Å². The summed E-state index contributed by atoms with van der Waals surface area (Å²) in [7, 11) is 1.50. The van der Waals surface area contributed by atoms with Crippen molar-refractivity contribution in [3.05, 3.63) is 23.8 Å². The number of nitrogen functional groups attached to an aromatic ring is 1. The van der Waals surface area contributed by atoms with E-state index in [9.17, 15) is 13.2 Å². The van der Waals surface area contributed by atoms with E-state index in [1.54, 1.807) is 18.2 Å². The zero-order chi connectivity index (χ0) is 12.2. The quantitative estimate of drug-likeness (QED) is 0.782. The minimum absolute atomic E-state index is 0.0787. The summed E-state index contributed by atoms with van der Waals surface area (Å²) >= 11 is 0. The number of ether oxygens (including phenoxy) is 1. The summed E-state index contributed by atoms with van der Waals surface area (Å²) in [5, 5.41) is 2.27. The monoisotopic (exact) mass is 234 g/mol. The Morgan fingerprint density at radius 1 is 1.38 bits per heavy atom. The summed E-state index contributed by atoms with van der Waals surface area (Å²) in [6.07, 6.45) is -4.21. The largest absolute Gasteiger partial charge is 0.497 e. The van der Waals surface area contributed by atoms with Crippen molar-refractivity contribution < 1.29 is 17.9 Å². The molecule has 0 aliphatic heterocycles. The van der Waals surface area contributed by atoms with Gasteiger partial charge in [0, 0.05) is 18.3 Å². The van der Waals surface area contributed by atoms with E-state index >= 15 is 0 Å². The van der Waals surface area contributed by atoms with E-state index in [2.05, 4.69) is 5.32 Å². The summed E-state index contributed by atoms with van der Waals surface area (Å²) in [5.74, 6) is 0.581. The number of benzene rings is 1. The molecule has 0 aliphatic rings. The molecule has 90 valence electrons. The predicted octanol–water partition coefficient (Wildman–Crippen LogP) is 1.93. The number of halogens is 3. The third kappa shape index (κ3) is 3.98. The van der Waals surface area contributed by atoms with Crippen LogP contribution >= 0.6 is 0 Å². The molecule has 0 fully saturated rings. The van der Waals surface area contributed by atoms with Crippen LogP contribution in [0.2, 0.25) is 0 Å². The Morgan fingerprint density at radius 2 is 2.06 bits per heavy atom. The van der Waals surface area contributed by atoms with Crippen molar-refractivity contribution >= 4 is 5.69 Å². The molecule has 0 amide bonds. The van der Waals surface area contributed by atoms with Gasteiger partial charge in [0.25, 0.3) is 0 Å². The highest BCUT2D eigenvalue weighted by molar-refractivity contribution is 5.51. The minimum Gasteiger partial charge on any atom is -0.497 e. The van der Waals surface area contributed by atoms with E-state index < -0.39 is 12.7 Å². The van der Waals surface area contributed by atoms with Gasteiger partial charge in [-0.05, 0) is 11.6 Å². The van der Waals surface area contributed by atoms with Crippen LogP contribution in [-0.2, 0) is 6.54 Å². The highest BCUT2D eigenvalue weighted by Gasteiger charge is 2.26. The van der Waals surface area contributed by atoms with Gasteiger partial charge in [-0.3, -0.25) is 0 Å². The Bertz CT molecular complexity index is 352. The second-order valence-electron chi connectivity index (χ2n) is 3.28. The minimum atomic E-state index is -4.21. The lowest BCUT2D eigenvalue weighted by atomic mass is 10.1. The van der Waals surface area contributed by atoms with E-state index in [4.69, 9.17) is 10.5 Å². The zero-order valence-corrected chi connectivity index (χ0v) is 8.77. The number of methoxy groups -OCH3 is 1. The van der Waals surface area contributed by atoms with Crippen LogP contribution in [0.15, 0.2) is 18.2 Å². The van der Waals surface area contributed by atoms with Gasteiger partial charge < -0.3 is 15.8 Å². The summed E-state index contributed by atoms with van der Waals surface area (Å²) in [6.45, 7) is -0.951. The molecular weight excluding hydrogens is 221 g/mol. The third-order valence-electron chi connectivity index (χ3n) is 1.99. The first-order valence-corrected chi connectivity index (χ1v) is 4.62. The van der Waals surface area contributed by atoms with Crippen LogP contribution in [0.5, 0.6) is 5.75 Å². The van der Waals surface area contributed by atoms with E-state index in [0.717, 1.165) is 0 Å². The number of hydrogen-bond acceptors (Lipinski definition) is 3. The zero-order valence-electron chi connectivity index (χ0n) is 8.77. The molecule has 0 saturated heterocycles. The molecule has 0 atom stereocenters. The Hall–Kier alpha value is -1.43. The van der Waals surface area contributed by atoms with Crippen LogP contribution in [0.1, 0.15) is 5.56 Å². The van der Waals surface area contributed by atoms with Crippen LogP contribution in [-0.4, -0.2) is 19.8 Å². The molecule has 1 rings (SSSR count). The van der Waals surface area contributed by atoms with Crippen molar-refractivity contribution in [2.24, 2.45) is 0 Å². The molecule has 16 heavy (non-hydrogen) atoms. The highest BCUT2D eigenvalue weighted by Crippen LogP contribution is 2.20. The maximum atomic E-state index is 11.9. The third-order valence-corrected chi connectivity index (χ3v) is 1.99. The topological polar surface area (TPSA) is 47.3 Å². The second-order valence-corrected chi connectivity index (χ2v) is 3.28. The first kappa shape index (κ1) is 12.6. The molecule has 0 radical (unpaired) electrons. The van der Waals surface area contributed by atoms with Crippen LogP contribution in [0.4, 0.5) is 18.9 Å². The number of nitrogens with two attached hydrogens (primary N) is 1. The van der Waals surface area contributed by atoms with Gasteiger partial charge in [0.2, 0.25) is 0 Å². The smallest absolute Gasteiger partial charge is 0.401 e. The Labute approximate surface area is 91.4 Å². The molecule has 0 unspecified atom stereocenters. The van der Waals surface area contributed by atoms with Gasteiger partial charge >= 0.3 is 6.18 Å². The first-order chi connectivity index (χ1) is 7.42. The van der Waals surface area contributed by atoms with E-state index in [1.807, 2.05) is 0 Å². The highest BCUT2D eigenvalue weighted by atomic mass is 19.4. The Kier molecular flexibility index (Phi) is 4.00. The maximum Gasteiger partial charge on any atom is 0.401 e. The fourth-order valence-corrected chi connectivity index (χ4v) is 1.20. The molecule has 3 nitrogen and oxygen atoms in total. The molecule has 0 aliphatic carbocycles. The van der Waals surface area contributed by atoms with Crippen LogP contribution < -0.4 is 15.8 Å². The standard InChI is InChI=1S/C10H13F3N2O/c1-16-8-3-2-7(9(14)4-8)5-15-6-10(11,12)13/h2-4,15H,5-6,14H2,1H3. The SMILES string of the molecule is COc1ccc(CNCC(F)(F)F)c(N)c1. The number of alkyl halides is 3. The van der Waals surface area contributed by atoms with Crippen molar-refractivity contribution in [1.82, 2.24) is 5.32 Å². The van der Waals surface area contributed by atoms with E-state index in [0.29, 0.717) is 17.0 Å². The fourth-order valence-electron chi connectivity index (χ4n) is 1.20. The number of rotatable bonds is 4. The average molecular weight is 234 g/mol. The molecule has 1 aromatic rings. The van der Waals surface area contributed by atoms with Gasteiger partial charge in [-0.25, -0.2) is 0 Å². The van der Waals surface area contributed by atoms with Gasteiger partial charge in [0.1, 0.15) is 5.75 Å². The summed E-state index contributed by atoms with van der Waals surface area (Å²) in [4.78, 5) is 0. The second kappa shape index (κ2) is 5.07. The van der Waals surface area contributed by atoms with Crippen molar-refractivity contribution in [2.75, 3.05) is 19.4 Å². The lowest BCUT2D eigenvalue weighted by Gasteiger charge is -2.10. The molecule has 3 N–H and O–H groups in total. The molecule has 1 aromatic carbocycles. The van der Waals surface area contributed by atoms with Crippen LogP contribution in [0.25, 0.3) is 0 Å². The van der Waals surface area contributed by atoms with Crippen molar-refractivity contribution in [1.29, 1.82) is 0 Å². The first-order valence-electron chi connectivity index (χ1n) is 4.62. The summed E-state index contributed by atoms with van der Waals surface area (Å²) in [5.41, 5.74) is 6.67. The molecule has 6 heteroatoms. The van der Waals surface area contributed by atoms with Gasteiger partial charge in [-0.1, -0.05) is 6.07 Å². The summed E-state index contributed by atoms with van der Waals surface area (Å²) < 4.78 is 40.5. The number of anilines is 1. The van der Waals surface area contributed by atoms with Crippen LogP contribution in [0.3, 0.4) is 0 Å². The normalized spacial score (nSPS) is 11.5. The average Bonchev–Trinajstić information content (AvgIpc) is 2.18. The van der Waals surface area contributed by atoms with Crippen molar-refractivity contribution in [3.63, 3.8) is 0 Å². The summed E-state index contributed by atoms with van der Waals surface area (Å²) in [6, 6.07) is 4.86. The lowest BCUT2D eigenvalue weighted by molar-refractivity contribution is -0.125. The molecule has 0 bridgehead atoms. The van der Waals surface area contributed by atoms with Gasteiger partial charge in [0.05, 0.1) is 13.7 Å². The van der Waals surface area contributed by atoms with Crippen molar-refractivity contribution in [3.8, 4) is 5.75 Å². The number of hydrogen-bond donors (Lipinski definition) is 2. The Morgan fingerprint density at radius 3 is 2.56 bits per heavy atom. The van der Waals surface area contributed by atoms with Gasteiger partial charge in [-0.15, -0.1) is 0 Å². The van der Waals surface area contributed by atoms with Gasteiger partial charge in [-0.2, -0.15) is 13.2 Å². The van der Waals surface area contributed by atoms with Crippen LogP contribution in [0, 0.1) is 0 Å².